The van der Waals surface area contributed by atoms with E-state index in [0.717, 1.165) is 11.1 Å². The number of aliphatic hydroxyl groups is 1. The fourth-order valence-electron chi connectivity index (χ4n) is 4.74. The van der Waals surface area contributed by atoms with Gasteiger partial charge in [-0.1, -0.05) is 30.6 Å². The second kappa shape index (κ2) is 7.67. The zero-order valence-corrected chi connectivity index (χ0v) is 17.7. The van der Waals surface area contributed by atoms with Crippen molar-refractivity contribution in [3.8, 4) is 17.0 Å². The summed E-state index contributed by atoms with van der Waals surface area (Å²) < 4.78 is 10.4. The van der Waals surface area contributed by atoms with Gasteiger partial charge in [0.1, 0.15) is 17.7 Å². The number of aliphatic hydroxyl groups excluding tert-OH is 1. The van der Waals surface area contributed by atoms with Crippen molar-refractivity contribution in [3.05, 3.63) is 77.3 Å². The van der Waals surface area contributed by atoms with Gasteiger partial charge in [-0.3, -0.25) is 14.5 Å². The molecule has 1 N–H and O–H groups in total. The number of ketones is 1. The summed E-state index contributed by atoms with van der Waals surface area (Å²) in [5.41, 5.74) is 3.66. The zero-order valence-electron chi connectivity index (χ0n) is 17.7. The van der Waals surface area contributed by atoms with Crippen LogP contribution in [0.15, 0.2) is 70.6 Å². The molecule has 2 bridgehead atoms. The minimum Gasteiger partial charge on any atom is -0.503 e. The van der Waals surface area contributed by atoms with Crippen molar-refractivity contribution in [2.75, 3.05) is 12.0 Å². The number of carbonyl (C=O) groups excluding carboxylic acids is 2. The summed E-state index contributed by atoms with van der Waals surface area (Å²) in [6.45, 7) is 2.02. The first-order chi connectivity index (χ1) is 15.5. The quantitative estimate of drug-likeness (QED) is 0.662. The number of aromatic nitrogens is 1. The summed E-state index contributed by atoms with van der Waals surface area (Å²) in [4.78, 5) is 28.1. The molecule has 162 valence electrons. The molecular formula is C25H22N2O5. The highest BCUT2D eigenvalue weighted by atomic mass is 16.5. The van der Waals surface area contributed by atoms with Crippen LogP contribution in [-0.4, -0.2) is 35.1 Å². The van der Waals surface area contributed by atoms with Crippen molar-refractivity contribution in [1.82, 2.24) is 5.16 Å². The third kappa shape index (κ3) is 3.00. The highest BCUT2D eigenvalue weighted by molar-refractivity contribution is 6.21. The first-order valence-corrected chi connectivity index (χ1v) is 10.5. The summed E-state index contributed by atoms with van der Waals surface area (Å²) in [5.74, 6) is -0.734. The minimum absolute atomic E-state index is 0.0813. The predicted molar refractivity (Wildman–Crippen MR) is 118 cm³/mol. The normalized spacial score (nSPS) is 20.2. The van der Waals surface area contributed by atoms with Gasteiger partial charge in [-0.2, -0.15) is 0 Å². The lowest BCUT2D eigenvalue weighted by atomic mass is 9.80. The number of benzene rings is 2. The fourth-order valence-corrected chi connectivity index (χ4v) is 4.74. The molecule has 1 aliphatic carbocycles. The molecule has 0 radical (unpaired) electrons. The highest BCUT2D eigenvalue weighted by Crippen LogP contribution is 2.41. The summed E-state index contributed by atoms with van der Waals surface area (Å²) in [7, 11) is 1.60. The van der Waals surface area contributed by atoms with Gasteiger partial charge in [-0.05, 0) is 48.2 Å². The number of fused-ring (bicyclic) bond motifs is 3. The summed E-state index contributed by atoms with van der Waals surface area (Å²) in [6.07, 6.45) is 2.82. The van der Waals surface area contributed by atoms with E-state index in [2.05, 4.69) is 5.16 Å². The molecule has 0 saturated carbocycles. The lowest BCUT2D eigenvalue weighted by molar-refractivity contribution is -0.117. The summed E-state index contributed by atoms with van der Waals surface area (Å²) in [5, 5.41) is 14.7. The number of methoxy groups -OCH3 is 1. The van der Waals surface area contributed by atoms with Crippen molar-refractivity contribution in [3.63, 3.8) is 0 Å². The Hall–Kier alpha value is -3.87. The number of nitrogens with zero attached hydrogens (tertiary/aromatic N) is 2. The molecular weight excluding hydrogens is 408 g/mol. The molecule has 2 aromatic carbocycles. The lowest BCUT2D eigenvalue weighted by Crippen LogP contribution is -2.43. The Labute approximate surface area is 184 Å². The monoisotopic (exact) mass is 430 g/mol. The topological polar surface area (TPSA) is 92.9 Å². The average molecular weight is 430 g/mol. The Bertz CT molecular complexity index is 1230. The van der Waals surface area contributed by atoms with Crippen molar-refractivity contribution in [1.29, 1.82) is 0 Å². The van der Waals surface area contributed by atoms with E-state index >= 15 is 0 Å². The van der Waals surface area contributed by atoms with Crippen LogP contribution in [0.5, 0.6) is 5.75 Å². The number of hydrogen-bond donors (Lipinski definition) is 1. The van der Waals surface area contributed by atoms with Crippen LogP contribution in [0.2, 0.25) is 0 Å². The summed E-state index contributed by atoms with van der Waals surface area (Å²) >= 11 is 0. The Morgan fingerprint density at radius 3 is 2.53 bits per heavy atom. The molecule has 0 fully saturated rings. The molecule has 7 heteroatoms. The number of Topliss-reactive ketones (excluding diaryl/α,β-unsaturated/α-hetero) is 1. The van der Waals surface area contributed by atoms with E-state index in [-0.39, 0.29) is 17.3 Å². The van der Waals surface area contributed by atoms with Crippen molar-refractivity contribution in [2.24, 2.45) is 5.92 Å². The van der Waals surface area contributed by atoms with Crippen molar-refractivity contribution in [2.45, 2.75) is 25.8 Å². The van der Waals surface area contributed by atoms with E-state index in [4.69, 9.17) is 9.26 Å². The van der Waals surface area contributed by atoms with Crippen molar-refractivity contribution >= 4 is 17.4 Å². The molecule has 3 aromatic rings. The SMILES string of the molecule is CCC1Cc2cc(ccc2OC)C(=O)C2=C(O)C(=O)N(c3ccc(-c4ccon4)cc3)C21. The van der Waals surface area contributed by atoms with Crippen LogP contribution in [0.25, 0.3) is 11.3 Å². The van der Waals surface area contributed by atoms with E-state index in [1.54, 1.807) is 48.4 Å². The van der Waals surface area contributed by atoms with E-state index in [0.29, 0.717) is 35.5 Å². The maximum atomic E-state index is 13.4. The third-order valence-electron chi connectivity index (χ3n) is 6.37. The van der Waals surface area contributed by atoms with Crippen LogP contribution in [0.1, 0.15) is 29.3 Å². The molecule has 5 rings (SSSR count). The van der Waals surface area contributed by atoms with E-state index in [1.807, 2.05) is 19.1 Å². The van der Waals surface area contributed by atoms with Gasteiger partial charge in [0.25, 0.3) is 5.91 Å². The molecule has 0 saturated heterocycles. The first-order valence-electron chi connectivity index (χ1n) is 10.5. The van der Waals surface area contributed by atoms with Gasteiger partial charge in [0.15, 0.2) is 11.5 Å². The van der Waals surface area contributed by atoms with E-state index in [9.17, 15) is 14.7 Å². The number of amides is 1. The number of hydrogen-bond acceptors (Lipinski definition) is 6. The van der Waals surface area contributed by atoms with E-state index in [1.165, 1.54) is 6.26 Å². The van der Waals surface area contributed by atoms with Gasteiger partial charge in [-0.25, -0.2) is 0 Å². The van der Waals surface area contributed by atoms with Gasteiger partial charge < -0.3 is 14.4 Å². The van der Waals surface area contributed by atoms with Gasteiger partial charge in [-0.15, -0.1) is 0 Å². The molecule has 32 heavy (non-hydrogen) atoms. The number of carbonyl (C=O) groups is 2. The molecule has 0 spiro atoms. The van der Waals surface area contributed by atoms with Crippen LogP contribution in [0, 0.1) is 5.92 Å². The summed E-state index contributed by atoms with van der Waals surface area (Å²) in [6, 6.07) is 13.7. The Kier molecular flexibility index (Phi) is 4.81. The minimum atomic E-state index is -0.568. The molecule has 1 aliphatic heterocycles. The maximum Gasteiger partial charge on any atom is 0.294 e. The zero-order chi connectivity index (χ0) is 22.4. The van der Waals surface area contributed by atoms with Gasteiger partial charge in [0.05, 0.1) is 18.7 Å². The van der Waals surface area contributed by atoms with Gasteiger partial charge >= 0.3 is 0 Å². The predicted octanol–water partition coefficient (Wildman–Crippen LogP) is 4.34. The van der Waals surface area contributed by atoms with Crippen LogP contribution >= 0.6 is 0 Å². The van der Waals surface area contributed by atoms with E-state index < -0.39 is 17.7 Å². The maximum absolute atomic E-state index is 13.4. The number of rotatable bonds is 4. The van der Waals surface area contributed by atoms with Gasteiger partial charge in [0.2, 0.25) is 0 Å². The molecule has 2 atom stereocenters. The Morgan fingerprint density at radius 1 is 1.12 bits per heavy atom. The second-order valence-electron chi connectivity index (χ2n) is 8.04. The lowest BCUT2D eigenvalue weighted by Gasteiger charge is -2.34. The van der Waals surface area contributed by atoms with Gasteiger partial charge in [0, 0.05) is 22.9 Å². The van der Waals surface area contributed by atoms with Crippen LogP contribution in [0.3, 0.4) is 0 Å². The average Bonchev–Trinajstić information content (AvgIpc) is 3.44. The fraction of sp³-hybridized carbons (Fsp3) is 0.240. The second-order valence-corrected chi connectivity index (χ2v) is 8.04. The van der Waals surface area contributed by atoms with Crippen LogP contribution in [0.4, 0.5) is 5.69 Å². The first kappa shape index (κ1) is 20.1. The van der Waals surface area contributed by atoms with Crippen LogP contribution < -0.4 is 9.64 Å². The smallest absolute Gasteiger partial charge is 0.294 e. The highest BCUT2D eigenvalue weighted by Gasteiger charge is 2.47. The molecule has 1 amide bonds. The molecule has 1 aromatic heterocycles. The standard InChI is InChI=1S/C25H22N2O5/c1-3-14-12-17-13-16(6-9-20(17)31-2)23(28)21-22(14)27(25(30)24(21)29)18-7-4-15(5-8-18)19-10-11-32-26-19/h4-11,13-14,22,29H,3,12H2,1-2H3. The largest absolute Gasteiger partial charge is 0.503 e. The Morgan fingerprint density at radius 2 is 1.88 bits per heavy atom. The molecule has 2 aliphatic rings. The third-order valence-corrected chi connectivity index (χ3v) is 6.37. The number of anilines is 1. The molecule has 7 nitrogen and oxygen atoms in total. The molecule has 2 heterocycles. The van der Waals surface area contributed by atoms with Crippen molar-refractivity contribution < 1.29 is 24.0 Å². The van der Waals surface area contributed by atoms with Crippen LogP contribution in [-0.2, 0) is 11.2 Å². The molecule has 2 unspecified atom stereocenters. The Balaban J connectivity index is 1.60. The number of ether oxygens (including phenoxy) is 1.